The van der Waals surface area contributed by atoms with Crippen molar-refractivity contribution in [1.82, 2.24) is 0 Å². The van der Waals surface area contributed by atoms with E-state index in [0.717, 1.165) is 6.42 Å². The summed E-state index contributed by atoms with van der Waals surface area (Å²) in [6, 6.07) is 0. The second-order valence-electron chi connectivity index (χ2n) is 4.52. The Morgan fingerprint density at radius 2 is 1.94 bits per heavy atom. The van der Waals surface area contributed by atoms with Gasteiger partial charge in [0.2, 0.25) is 0 Å². The normalized spacial score (nSPS) is 13.2. The van der Waals surface area contributed by atoms with Crippen molar-refractivity contribution in [2.75, 3.05) is 12.4 Å². The lowest BCUT2D eigenvalue weighted by Crippen LogP contribution is -2.25. The average molecular weight is 250 g/mol. The van der Waals surface area contributed by atoms with Crippen molar-refractivity contribution in [3.8, 4) is 0 Å². The van der Waals surface area contributed by atoms with Gasteiger partial charge in [-0.2, -0.15) is 0 Å². The van der Waals surface area contributed by atoms with Gasteiger partial charge in [0, 0.05) is 0 Å². The summed E-state index contributed by atoms with van der Waals surface area (Å²) in [6.45, 7) is 7.52. The summed E-state index contributed by atoms with van der Waals surface area (Å²) in [7, 11) is 0. The van der Waals surface area contributed by atoms with Crippen LogP contribution in [-0.4, -0.2) is 29.8 Å². The van der Waals surface area contributed by atoms with Gasteiger partial charge in [0.25, 0.3) is 0 Å². The van der Waals surface area contributed by atoms with Crippen molar-refractivity contribution in [3.05, 3.63) is 0 Å². The maximum Gasteiger partial charge on any atom is 0.319 e. The fourth-order valence-electron chi connectivity index (χ4n) is 1.25. The molecule has 0 heterocycles. The maximum absolute atomic E-state index is 12.0. The van der Waals surface area contributed by atoms with Crippen LogP contribution in [0, 0.1) is 5.92 Å². The van der Waals surface area contributed by atoms with E-state index >= 15 is 0 Å². The summed E-state index contributed by atoms with van der Waals surface area (Å²) in [5.41, 5.74) is 0. The van der Waals surface area contributed by atoms with Gasteiger partial charge in [-0.3, -0.25) is 9.18 Å². The second-order valence-corrected chi connectivity index (χ2v) is 5.83. The number of carbonyl (C=O) groups excluding carboxylic acids is 1. The molecule has 0 spiro atoms. The summed E-state index contributed by atoms with van der Waals surface area (Å²) in [5.74, 6) is 0.969. The number of carbonyl (C=O) groups is 1. The van der Waals surface area contributed by atoms with Gasteiger partial charge in [-0.25, -0.2) is 0 Å². The Labute approximate surface area is 102 Å². The number of alkyl halides is 1. The monoisotopic (exact) mass is 250 g/mol. The van der Waals surface area contributed by atoms with E-state index in [1.807, 2.05) is 13.8 Å². The van der Waals surface area contributed by atoms with Crippen LogP contribution in [0.15, 0.2) is 0 Å². The average Bonchev–Trinajstić information content (AvgIpc) is 2.14. The topological polar surface area (TPSA) is 26.3 Å². The lowest BCUT2D eigenvalue weighted by Gasteiger charge is -2.18. The molecule has 0 aromatic rings. The van der Waals surface area contributed by atoms with Gasteiger partial charge in [0.1, 0.15) is 5.25 Å². The first-order valence-corrected chi connectivity index (χ1v) is 6.90. The molecule has 0 aliphatic heterocycles. The van der Waals surface area contributed by atoms with Crippen molar-refractivity contribution in [1.29, 1.82) is 0 Å². The lowest BCUT2D eigenvalue weighted by molar-refractivity contribution is -0.147. The molecule has 0 saturated heterocycles. The van der Waals surface area contributed by atoms with Gasteiger partial charge >= 0.3 is 5.97 Å². The fraction of sp³-hybridized carbons (Fsp3) is 0.917. The van der Waals surface area contributed by atoms with Crippen LogP contribution >= 0.6 is 11.8 Å². The van der Waals surface area contributed by atoms with Gasteiger partial charge in [0.05, 0.1) is 12.8 Å². The van der Waals surface area contributed by atoms with Crippen LogP contribution in [0.1, 0.15) is 40.5 Å². The van der Waals surface area contributed by atoms with Crippen molar-refractivity contribution < 1.29 is 13.9 Å². The third-order valence-electron chi connectivity index (χ3n) is 1.90. The summed E-state index contributed by atoms with van der Waals surface area (Å²) >= 11 is 1.51. The maximum atomic E-state index is 12.0. The fourth-order valence-corrected chi connectivity index (χ4v) is 2.52. The number of halogens is 1. The van der Waals surface area contributed by atoms with Crippen LogP contribution in [0.5, 0.6) is 0 Å². The number of ether oxygens (including phenoxy) is 1. The quantitative estimate of drug-likeness (QED) is 0.487. The van der Waals surface area contributed by atoms with Gasteiger partial charge in [-0.15, -0.1) is 11.8 Å². The standard InChI is InChI=1S/C12H23FO2S/c1-9(2)8-11(16-7-5-6-13)12(14)15-10(3)4/h9-11H,5-8H2,1-4H3. The Morgan fingerprint density at radius 3 is 2.38 bits per heavy atom. The predicted octanol–water partition coefficient (Wildman–Crippen LogP) is 3.45. The highest BCUT2D eigenvalue weighted by Gasteiger charge is 2.22. The first-order chi connectivity index (χ1) is 7.47. The molecule has 0 N–H and O–H groups in total. The Kier molecular flexibility index (Phi) is 8.71. The molecule has 0 fully saturated rings. The number of esters is 1. The third-order valence-corrected chi connectivity index (χ3v) is 3.21. The highest BCUT2D eigenvalue weighted by Crippen LogP contribution is 2.22. The summed E-state index contributed by atoms with van der Waals surface area (Å²) in [6.07, 6.45) is 1.22. The van der Waals surface area contributed by atoms with Crippen molar-refractivity contribution in [2.45, 2.75) is 51.9 Å². The molecule has 0 aliphatic carbocycles. The zero-order valence-corrected chi connectivity index (χ0v) is 11.5. The first-order valence-electron chi connectivity index (χ1n) is 5.85. The van der Waals surface area contributed by atoms with E-state index in [-0.39, 0.29) is 24.0 Å². The third kappa shape index (κ3) is 7.97. The summed E-state index contributed by atoms with van der Waals surface area (Å²) in [5, 5.41) is -0.144. The minimum Gasteiger partial charge on any atom is -0.462 e. The van der Waals surface area contributed by atoms with E-state index < -0.39 is 0 Å². The molecule has 1 unspecified atom stereocenters. The molecule has 0 saturated carbocycles. The van der Waals surface area contributed by atoms with Crippen LogP contribution < -0.4 is 0 Å². The predicted molar refractivity (Wildman–Crippen MR) is 67.5 cm³/mol. The molecule has 16 heavy (non-hydrogen) atoms. The molecular weight excluding hydrogens is 227 g/mol. The zero-order chi connectivity index (χ0) is 12.6. The SMILES string of the molecule is CC(C)CC(SCCCF)C(=O)OC(C)C. The molecule has 2 nitrogen and oxygen atoms in total. The summed E-state index contributed by atoms with van der Waals surface area (Å²) < 4.78 is 17.2. The van der Waals surface area contributed by atoms with Crippen LogP contribution in [0.4, 0.5) is 4.39 Å². The highest BCUT2D eigenvalue weighted by atomic mass is 32.2. The molecule has 1 atom stereocenters. The van der Waals surface area contributed by atoms with Gasteiger partial charge < -0.3 is 4.74 Å². The number of rotatable bonds is 8. The number of hydrogen-bond donors (Lipinski definition) is 0. The Balaban J connectivity index is 4.12. The largest absolute Gasteiger partial charge is 0.462 e. The van der Waals surface area contributed by atoms with E-state index in [2.05, 4.69) is 13.8 Å². The van der Waals surface area contributed by atoms with E-state index in [1.54, 1.807) is 0 Å². The summed E-state index contributed by atoms with van der Waals surface area (Å²) in [4.78, 5) is 11.7. The smallest absolute Gasteiger partial charge is 0.319 e. The molecule has 0 radical (unpaired) electrons. The molecule has 0 aromatic carbocycles. The molecule has 96 valence electrons. The highest BCUT2D eigenvalue weighted by molar-refractivity contribution is 8.00. The van der Waals surface area contributed by atoms with Crippen LogP contribution in [-0.2, 0) is 9.53 Å². The Morgan fingerprint density at radius 1 is 1.31 bits per heavy atom. The molecule has 0 amide bonds. The van der Waals surface area contributed by atoms with Crippen LogP contribution in [0.3, 0.4) is 0 Å². The first kappa shape index (κ1) is 15.8. The number of thioether (sulfide) groups is 1. The van der Waals surface area contributed by atoms with E-state index in [0.29, 0.717) is 18.1 Å². The zero-order valence-electron chi connectivity index (χ0n) is 10.7. The molecule has 0 rings (SSSR count). The molecule has 0 aromatic heterocycles. The second kappa shape index (κ2) is 8.85. The minimum atomic E-state index is -0.319. The van der Waals surface area contributed by atoms with Crippen LogP contribution in [0.25, 0.3) is 0 Å². The van der Waals surface area contributed by atoms with Gasteiger partial charge in [0.15, 0.2) is 0 Å². The number of hydrogen-bond acceptors (Lipinski definition) is 3. The van der Waals surface area contributed by atoms with E-state index in [1.165, 1.54) is 11.8 Å². The van der Waals surface area contributed by atoms with Gasteiger partial charge in [-0.05, 0) is 38.4 Å². The Bertz CT molecular complexity index is 195. The van der Waals surface area contributed by atoms with Crippen molar-refractivity contribution >= 4 is 17.7 Å². The Hall–Kier alpha value is -0.250. The molecule has 0 bridgehead atoms. The van der Waals surface area contributed by atoms with Crippen molar-refractivity contribution in [3.63, 3.8) is 0 Å². The van der Waals surface area contributed by atoms with Crippen molar-refractivity contribution in [2.24, 2.45) is 5.92 Å². The van der Waals surface area contributed by atoms with E-state index in [4.69, 9.17) is 4.74 Å². The molecule has 4 heteroatoms. The molecule has 0 aliphatic rings. The van der Waals surface area contributed by atoms with E-state index in [9.17, 15) is 9.18 Å². The molecular formula is C12H23FO2S. The lowest BCUT2D eigenvalue weighted by atomic mass is 10.1. The minimum absolute atomic E-state index is 0.0797. The van der Waals surface area contributed by atoms with Gasteiger partial charge in [-0.1, -0.05) is 13.8 Å². The van der Waals surface area contributed by atoms with Crippen LogP contribution in [0.2, 0.25) is 0 Å².